The molecule has 4 bridgehead atoms. The summed E-state index contributed by atoms with van der Waals surface area (Å²) in [7, 11) is 0. The van der Waals surface area contributed by atoms with Crippen LogP contribution in [0.1, 0.15) is 51.9 Å². The summed E-state index contributed by atoms with van der Waals surface area (Å²) in [5.74, 6) is 3.89. The molecule has 0 aromatic carbocycles. The molecule has 5 aliphatic rings. The second kappa shape index (κ2) is 6.17. The van der Waals surface area contributed by atoms with Crippen LogP contribution in [0.4, 0.5) is 0 Å². The van der Waals surface area contributed by atoms with Crippen molar-refractivity contribution in [2.75, 3.05) is 5.75 Å². The minimum atomic E-state index is -1.10. The average molecular weight is 343 g/mol. The third-order valence-electron chi connectivity index (χ3n) is 6.89. The van der Waals surface area contributed by atoms with E-state index in [1.807, 2.05) is 0 Å². The molecule has 1 heterocycles. The fourth-order valence-electron chi connectivity index (χ4n) is 6.14. The van der Waals surface area contributed by atoms with Crippen molar-refractivity contribution in [1.29, 1.82) is 0 Å². The predicted molar refractivity (Wildman–Crippen MR) is 90.0 cm³/mol. The van der Waals surface area contributed by atoms with Crippen LogP contribution in [0.15, 0.2) is 0 Å². The third kappa shape index (κ3) is 3.08. The predicted octanol–water partition coefficient (Wildman–Crippen LogP) is 2.15. The van der Waals surface area contributed by atoms with Crippen molar-refractivity contribution in [3.63, 3.8) is 0 Å². The van der Waals surface area contributed by atoms with Crippen LogP contribution in [-0.2, 0) is 4.74 Å². The minimum Gasteiger partial charge on any atom is -0.388 e. The number of aliphatic hydroxyl groups excluding tert-OH is 3. The van der Waals surface area contributed by atoms with E-state index >= 15 is 0 Å². The van der Waals surface area contributed by atoms with Crippen LogP contribution in [0.5, 0.6) is 0 Å². The van der Waals surface area contributed by atoms with Crippen LogP contribution in [0.3, 0.4) is 0 Å². The molecule has 5 heteroatoms. The molecule has 4 nitrogen and oxygen atoms in total. The van der Waals surface area contributed by atoms with Gasteiger partial charge in [0.15, 0.2) is 0 Å². The Morgan fingerprint density at radius 1 is 0.913 bits per heavy atom. The van der Waals surface area contributed by atoms with E-state index in [1.54, 1.807) is 18.7 Å². The molecule has 5 atom stereocenters. The Kier molecular flexibility index (Phi) is 4.46. The Hall–Kier alpha value is 0.190. The zero-order valence-corrected chi connectivity index (χ0v) is 14.8. The largest absolute Gasteiger partial charge is 0.388 e. The van der Waals surface area contributed by atoms with Crippen LogP contribution >= 0.6 is 11.8 Å². The van der Waals surface area contributed by atoms with Crippen molar-refractivity contribution in [2.45, 2.75) is 81.7 Å². The van der Waals surface area contributed by atoms with Gasteiger partial charge in [0.05, 0.1) is 6.10 Å². The van der Waals surface area contributed by atoms with E-state index in [2.05, 4.69) is 0 Å². The molecule has 5 rings (SSSR count). The van der Waals surface area contributed by atoms with Gasteiger partial charge in [0.2, 0.25) is 0 Å². The van der Waals surface area contributed by atoms with Crippen LogP contribution in [0.2, 0.25) is 0 Å². The number of ether oxygens (including phenoxy) is 1. The number of rotatable bonds is 4. The highest BCUT2D eigenvalue weighted by Crippen LogP contribution is 2.61. The molecule has 23 heavy (non-hydrogen) atoms. The van der Waals surface area contributed by atoms with Gasteiger partial charge >= 0.3 is 0 Å². The lowest BCUT2D eigenvalue weighted by atomic mass is 9.49. The number of hydrogen-bond acceptors (Lipinski definition) is 5. The van der Waals surface area contributed by atoms with Crippen molar-refractivity contribution in [2.24, 2.45) is 23.2 Å². The molecule has 0 aromatic heterocycles. The van der Waals surface area contributed by atoms with Gasteiger partial charge in [-0.15, -0.1) is 11.8 Å². The fraction of sp³-hybridized carbons (Fsp3) is 1.00. The van der Waals surface area contributed by atoms with Crippen molar-refractivity contribution in [3.05, 3.63) is 0 Å². The van der Waals surface area contributed by atoms with E-state index in [4.69, 9.17) is 4.74 Å². The average Bonchev–Trinajstić information content (AvgIpc) is 2.49. The van der Waals surface area contributed by atoms with Gasteiger partial charge in [0.25, 0.3) is 0 Å². The molecule has 0 aromatic rings. The molecule has 3 N–H and O–H groups in total. The van der Waals surface area contributed by atoms with Gasteiger partial charge in [0.1, 0.15) is 23.7 Å². The summed E-state index contributed by atoms with van der Waals surface area (Å²) in [6, 6.07) is 0. The first-order chi connectivity index (χ1) is 11.0. The van der Waals surface area contributed by atoms with Crippen molar-refractivity contribution in [1.82, 2.24) is 0 Å². The highest BCUT2D eigenvalue weighted by Gasteiger charge is 2.50. The van der Waals surface area contributed by atoms with Crippen molar-refractivity contribution < 1.29 is 20.1 Å². The first kappa shape index (κ1) is 16.6. The number of aliphatic hydroxyl groups is 3. The first-order valence-corrected chi connectivity index (χ1v) is 10.3. The smallest absolute Gasteiger partial charge is 0.132 e. The number of thioether (sulfide) groups is 1. The highest BCUT2D eigenvalue weighted by atomic mass is 32.2. The molecule has 0 unspecified atom stereocenters. The molecule has 4 saturated carbocycles. The summed E-state index contributed by atoms with van der Waals surface area (Å²) in [4.78, 5) is 0. The second-order valence-electron chi connectivity index (χ2n) is 8.72. The monoisotopic (exact) mass is 342 g/mol. The van der Waals surface area contributed by atoms with E-state index in [9.17, 15) is 15.3 Å². The van der Waals surface area contributed by atoms with Gasteiger partial charge < -0.3 is 20.1 Å². The quantitative estimate of drug-likeness (QED) is 0.730. The maximum atomic E-state index is 10.1. The Balaban J connectivity index is 1.32. The lowest BCUT2D eigenvalue weighted by Crippen LogP contribution is -2.55. The summed E-state index contributed by atoms with van der Waals surface area (Å²) in [6.45, 7) is 1.76. The van der Waals surface area contributed by atoms with Crippen LogP contribution < -0.4 is 0 Å². The van der Waals surface area contributed by atoms with Crippen LogP contribution in [-0.4, -0.2) is 50.9 Å². The molecular weight excluding hydrogens is 312 g/mol. The maximum Gasteiger partial charge on any atom is 0.132 e. The van der Waals surface area contributed by atoms with Gasteiger partial charge in [-0.1, -0.05) is 0 Å². The third-order valence-corrected chi connectivity index (χ3v) is 8.05. The van der Waals surface area contributed by atoms with Gasteiger partial charge in [-0.25, -0.2) is 0 Å². The van der Waals surface area contributed by atoms with Crippen molar-refractivity contribution in [3.8, 4) is 0 Å². The minimum absolute atomic E-state index is 0.419. The first-order valence-electron chi connectivity index (χ1n) is 9.27. The molecule has 0 radical (unpaired) electrons. The summed E-state index contributed by atoms with van der Waals surface area (Å²) in [5.41, 5.74) is 0.128. The van der Waals surface area contributed by atoms with E-state index in [0.717, 1.165) is 23.5 Å². The second-order valence-corrected chi connectivity index (χ2v) is 9.93. The normalized spacial score (nSPS) is 55.3. The number of hydrogen-bond donors (Lipinski definition) is 3. The van der Waals surface area contributed by atoms with E-state index in [0.29, 0.717) is 5.41 Å². The highest BCUT2D eigenvalue weighted by molar-refractivity contribution is 7.99. The van der Waals surface area contributed by atoms with Crippen molar-refractivity contribution >= 4 is 11.8 Å². The molecule has 0 spiro atoms. The molecule has 4 aliphatic carbocycles. The summed E-state index contributed by atoms with van der Waals surface area (Å²) >= 11 is 1.62. The summed E-state index contributed by atoms with van der Waals surface area (Å²) in [6.07, 6.45) is 6.33. The fourth-order valence-corrected chi connectivity index (χ4v) is 7.53. The standard InChI is InChI=1S/C18H30O4S/c1-10-14(19)15(20)16(21)17(22-10)23-3-2-18-7-11-4-12(8-18)6-13(5-11)9-18/h10-17,19-21H,2-9H2,1H3/t10-,11?,12?,13?,14+,15+,16-,17+,18?/m0/s1. The lowest BCUT2D eigenvalue weighted by Gasteiger charge is -2.57. The van der Waals surface area contributed by atoms with E-state index in [-0.39, 0.29) is 0 Å². The van der Waals surface area contributed by atoms with E-state index < -0.39 is 29.9 Å². The summed E-state index contributed by atoms with van der Waals surface area (Å²) in [5, 5.41) is 29.8. The maximum absolute atomic E-state index is 10.1. The molecule has 1 aliphatic heterocycles. The molecule has 5 fully saturated rings. The Labute approximate surface area is 143 Å². The zero-order chi connectivity index (χ0) is 16.2. The van der Waals surface area contributed by atoms with Gasteiger partial charge in [-0.2, -0.15) is 0 Å². The van der Waals surface area contributed by atoms with Gasteiger partial charge in [0, 0.05) is 0 Å². The van der Waals surface area contributed by atoms with Crippen LogP contribution in [0, 0.1) is 23.2 Å². The molecular formula is C18H30O4S. The molecule has 132 valence electrons. The van der Waals surface area contributed by atoms with Gasteiger partial charge in [-0.05, 0) is 80.8 Å². The topological polar surface area (TPSA) is 69.9 Å². The zero-order valence-electron chi connectivity index (χ0n) is 13.9. The van der Waals surface area contributed by atoms with Gasteiger partial charge in [-0.3, -0.25) is 0 Å². The Morgan fingerprint density at radius 3 is 2.04 bits per heavy atom. The SMILES string of the molecule is C[C@@H]1O[C@H](SCCC23CC4CC(CC(C4)C2)C3)[C@@H](O)[C@H](O)[C@@H]1O. The van der Waals surface area contributed by atoms with E-state index in [1.165, 1.54) is 44.9 Å². The summed E-state index contributed by atoms with van der Waals surface area (Å²) < 4.78 is 5.71. The lowest BCUT2D eigenvalue weighted by molar-refractivity contribution is -0.192. The Morgan fingerprint density at radius 2 is 1.48 bits per heavy atom. The van der Waals surface area contributed by atoms with Crippen LogP contribution in [0.25, 0.3) is 0 Å². The Bertz CT molecular complexity index is 407. The molecule has 1 saturated heterocycles. The molecule has 0 amide bonds.